The summed E-state index contributed by atoms with van der Waals surface area (Å²) < 4.78 is 0. The van der Waals surface area contributed by atoms with Gasteiger partial charge in [-0.05, 0) is 25.7 Å². The summed E-state index contributed by atoms with van der Waals surface area (Å²) in [6.07, 6.45) is 4.97. The number of hydrogen-bond acceptors (Lipinski definition) is 2. The van der Waals surface area contributed by atoms with Crippen molar-refractivity contribution in [2.75, 3.05) is 13.1 Å². The van der Waals surface area contributed by atoms with Crippen LogP contribution in [0.25, 0.3) is 0 Å². The summed E-state index contributed by atoms with van der Waals surface area (Å²) in [7, 11) is 0. The molecule has 0 aromatic heterocycles. The second-order valence-corrected chi connectivity index (χ2v) is 4.65. The Morgan fingerprint density at radius 1 is 1.56 bits per heavy atom. The van der Waals surface area contributed by atoms with Gasteiger partial charge in [-0.3, -0.25) is 0 Å². The molecule has 1 unspecified atom stereocenters. The summed E-state index contributed by atoms with van der Waals surface area (Å²) in [5.41, 5.74) is -1.01. The van der Waals surface area contributed by atoms with Gasteiger partial charge in [0.05, 0.1) is 0 Å². The molecule has 2 N–H and O–H groups in total. The first-order chi connectivity index (χ1) is 8.58. The number of likely N-dealkylation sites (tertiary alicyclic amines) is 1. The zero-order valence-corrected chi connectivity index (χ0v) is 10.9. The predicted octanol–water partition coefficient (Wildman–Crippen LogP) is 1.99. The zero-order valence-electron chi connectivity index (χ0n) is 10.9. The molecule has 1 rings (SSSR count). The molecule has 1 heterocycles. The van der Waals surface area contributed by atoms with Gasteiger partial charge in [-0.15, -0.1) is 6.58 Å². The maximum Gasteiger partial charge on any atom is 0.329 e. The van der Waals surface area contributed by atoms with Crippen LogP contribution in [-0.4, -0.2) is 40.6 Å². The van der Waals surface area contributed by atoms with E-state index in [1.165, 1.54) is 4.90 Å². The smallest absolute Gasteiger partial charge is 0.329 e. The molecule has 102 valence electrons. The van der Waals surface area contributed by atoms with E-state index in [4.69, 9.17) is 0 Å². The number of urea groups is 1. The van der Waals surface area contributed by atoms with E-state index in [9.17, 15) is 14.7 Å². The van der Waals surface area contributed by atoms with Crippen molar-refractivity contribution in [2.45, 2.75) is 44.6 Å². The first-order valence-corrected chi connectivity index (χ1v) is 6.48. The van der Waals surface area contributed by atoms with Gasteiger partial charge in [0, 0.05) is 13.1 Å². The maximum atomic E-state index is 12.0. The van der Waals surface area contributed by atoms with Crippen molar-refractivity contribution in [3.8, 4) is 0 Å². The third kappa shape index (κ3) is 2.83. The molecule has 0 spiro atoms. The highest BCUT2D eigenvalue weighted by Gasteiger charge is 2.49. The Bertz CT molecular complexity index is 330. The topological polar surface area (TPSA) is 69.6 Å². The van der Waals surface area contributed by atoms with Crippen LogP contribution >= 0.6 is 0 Å². The van der Waals surface area contributed by atoms with Crippen LogP contribution in [0.3, 0.4) is 0 Å². The summed E-state index contributed by atoms with van der Waals surface area (Å²) in [6.45, 7) is 6.54. The van der Waals surface area contributed by atoms with Crippen molar-refractivity contribution in [1.82, 2.24) is 10.2 Å². The van der Waals surface area contributed by atoms with Gasteiger partial charge in [-0.2, -0.15) is 0 Å². The van der Waals surface area contributed by atoms with Gasteiger partial charge in [0.2, 0.25) is 0 Å². The Kier molecular flexibility index (Phi) is 5.19. The third-order valence-electron chi connectivity index (χ3n) is 3.42. The second-order valence-electron chi connectivity index (χ2n) is 4.65. The molecular formula is C13H22N2O3. The minimum Gasteiger partial charge on any atom is -0.479 e. The summed E-state index contributed by atoms with van der Waals surface area (Å²) in [5.74, 6) is -0.888. The lowest BCUT2D eigenvalue weighted by Gasteiger charge is -2.34. The van der Waals surface area contributed by atoms with Gasteiger partial charge in [-0.25, -0.2) is 9.59 Å². The summed E-state index contributed by atoms with van der Waals surface area (Å²) in [4.78, 5) is 25.0. The highest BCUT2D eigenvalue weighted by atomic mass is 16.4. The van der Waals surface area contributed by atoms with E-state index in [0.29, 0.717) is 32.4 Å². The maximum absolute atomic E-state index is 12.0. The minimum atomic E-state index is -1.01. The average Bonchev–Trinajstić information content (AvgIpc) is 2.75. The molecule has 1 aliphatic heterocycles. The first-order valence-electron chi connectivity index (χ1n) is 6.48. The molecular weight excluding hydrogens is 232 g/mol. The minimum absolute atomic E-state index is 0.273. The Balaban J connectivity index is 2.75. The first kappa shape index (κ1) is 14.5. The Labute approximate surface area is 108 Å². The van der Waals surface area contributed by atoms with Crippen molar-refractivity contribution in [1.29, 1.82) is 0 Å². The molecule has 0 aromatic carbocycles. The monoisotopic (exact) mass is 254 g/mol. The number of rotatable bonds is 6. The zero-order chi connectivity index (χ0) is 13.6. The standard InChI is InChI=1S/C13H22N2O3/c1-3-5-9-14-12(18)15-10-6-8-13(15,7-4-2)11(16)17/h3H,1,4-10H2,2H3,(H,14,18)(H,16,17). The quantitative estimate of drug-likeness (QED) is 0.562. The van der Waals surface area contributed by atoms with Crippen LogP contribution in [0, 0.1) is 0 Å². The highest BCUT2D eigenvalue weighted by Crippen LogP contribution is 2.33. The molecule has 5 heteroatoms. The number of carboxylic acid groups (broad SMARTS) is 1. The van der Waals surface area contributed by atoms with Gasteiger partial charge >= 0.3 is 12.0 Å². The Morgan fingerprint density at radius 3 is 2.83 bits per heavy atom. The molecule has 2 amide bonds. The molecule has 0 aliphatic carbocycles. The van der Waals surface area contributed by atoms with Crippen LogP contribution in [-0.2, 0) is 4.79 Å². The van der Waals surface area contributed by atoms with Crippen molar-refractivity contribution in [3.63, 3.8) is 0 Å². The number of carbonyl (C=O) groups is 2. The molecule has 18 heavy (non-hydrogen) atoms. The van der Waals surface area contributed by atoms with Gasteiger partial charge in [-0.1, -0.05) is 19.4 Å². The van der Waals surface area contributed by atoms with E-state index < -0.39 is 11.5 Å². The van der Waals surface area contributed by atoms with E-state index in [1.807, 2.05) is 6.92 Å². The summed E-state index contributed by atoms with van der Waals surface area (Å²) in [5, 5.41) is 12.2. The number of nitrogens with zero attached hydrogens (tertiary/aromatic N) is 1. The van der Waals surface area contributed by atoms with Crippen LogP contribution in [0.5, 0.6) is 0 Å². The summed E-state index contributed by atoms with van der Waals surface area (Å²) in [6, 6.07) is -0.273. The van der Waals surface area contributed by atoms with E-state index >= 15 is 0 Å². The predicted molar refractivity (Wildman–Crippen MR) is 69.4 cm³/mol. The second kappa shape index (κ2) is 6.42. The molecule has 5 nitrogen and oxygen atoms in total. The lowest BCUT2D eigenvalue weighted by molar-refractivity contribution is -0.148. The van der Waals surface area contributed by atoms with E-state index in [-0.39, 0.29) is 6.03 Å². The van der Waals surface area contributed by atoms with Crippen molar-refractivity contribution < 1.29 is 14.7 Å². The average molecular weight is 254 g/mol. The molecule has 1 aliphatic rings. The van der Waals surface area contributed by atoms with Gasteiger partial charge < -0.3 is 15.3 Å². The molecule has 0 aromatic rings. The van der Waals surface area contributed by atoms with Crippen LogP contribution in [0.4, 0.5) is 4.79 Å². The summed E-state index contributed by atoms with van der Waals surface area (Å²) >= 11 is 0. The molecule has 1 atom stereocenters. The fourth-order valence-electron chi connectivity index (χ4n) is 2.55. The number of carbonyl (C=O) groups excluding carboxylic acids is 1. The van der Waals surface area contributed by atoms with Crippen molar-refractivity contribution in [2.24, 2.45) is 0 Å². The van der Waals surface area contributed by atoms with Crippen LogP contribution in [0.2, 0.25) is 0 Å². The van der Waals surface area contributed by atoms with E-state index in [0.717, 1.165) is 12.8 Å². The number of amides is 2. The van der Waals surface area contributed by atoms with Crippen molar-refractivity contribution >= 4 is 12.0 Å². The number of aliphatic carboxylic acids is 1. The molecule has 0 bridgehead atoms. The highest BCUT2D eigenvalue weighted by molar-refractivity contribution is 5.87. The Hall–Kier alpha value is -1.52. The molecule has 1 saturated heterocycles. The Morgan fingerprint density at radius 2 is 2.28 bits per heavy atom. The van der Waals surface area contributed by atoms with E-state index in [1.54, 1.807) is 6.08 Å². The molecule has 1 fully saturated rings. The van der Waals surface area contributed by atoms with Crippen LogP contribution in [0.15, 0.2) is 12.7 Å². The van der Waals surface area contributed by atoms with Crippen molar-refractivity contribution in [3.05, 3.63) is 12.7 Å². The SMILES string of the molecule is C=CCCNC(=O)N1CCCC1(CCC)C(=O)O. The normalized spacial score (nSPS) is 22.8. The fraction of sp³-hybridized carbons (Fsp3) is 0.692. The van der Waals surface area contributed by atoms with Gasteiger partial charge in [0.25, 0.3) is 0 Å². The van der Waals surface area contributed by atoms with Crippen LogP contribution in [0.1, 0.15) is 39.0 Å². The molecule has 0 saturated carbocycles. The number of hydrogen-bond donors (Lipinski definition) is 2. The third-order valence-corrected chi connectivity index (χ3v) is 3.42. The lowest BCUT2D eigenvalue weighted by Crippen LogP contribution is -2.56. The van der Waals surface area contributed by atoms with Gasteiger partial charge in [0.15, 0.2) is 0 Å². The van der Waals surface area contributed by atoms with E-state index in [2.05, 4.69) is 11.9 Å². The number of carboxylic acids is 1. The van der Waals surface area contributed by atoms with Gasteiger partial charge in [0.1, 0.15) is 5.54 Å². The lowest BCUT2D eigenvalue weighted by atomic mass is 9.91. The number of nitrogens with one attached hydrogen (secondary N) is 1. The van der Waals surface area contributed by atoms with Crippen LogP contribution < -0.4 is 5.32 Å². The molecule has 0 radical (unpaired) electrons. The fourth-order valence-corrected chi connectivity index (χ4v) is 2.55. The largest absolute Gasteiger partial charge is 0.479 e.